The molecule has 0 unspecified atom stereocenters. The lowest BCUT2D eigenvalue weighted by Gasteiger charge is -2.40. The van der Waals surface area contributed by atoms with E-state index >= 15 is 0 Å². The number of piperazine rings is 1. The predicted octanol–water partition coefficient (Wildman–Crippen LogP) is 6.05. The zero-order valence-corrected chi connectivity index (χ0v) is 24.8. The minimum atomic E-state index is -3.92. The average molecular weight is 685 g/mol. The first-order valence-corrected chi connectivity index (χ1v) is 15.0. The fourth-order valence-electron chi connectivity index (χ4n) is 4.68. The van der Waals surface area contributed by atoms with Crippen LogP contribution in [0.5, 0.6) is 0 Å². The van der Waals surface area contributed by atoms with Gasteiger partial charge in [-0.3, -0.25) is 14.4 Å². The van der Waals surface area contributed by atoms with Crippen LogP contribution in [0.1, 0.15) is 35.3 Å². The number of amides is 1. The molecule has 1 fully saturated rings. The molecule has 2 N–H and O–H groups in total. The van der Waals surface area contributed by atoms with Gasteiger partial charge in [0.25, 0.3) is 15.9 Å². The molecule has 0 aromatic heterocycles. The number of nitrogens with zero attached hydrogens (tertiary/aromatic N) is 2. The summed E-state index contributed by atoms with van der Waals surface area (Å²) in [5.74, 6) is -4.16. The maximum Gasteiger partial charge on any atom is 0.263 e. The molecule has 12 heteroatoms. The van der Waals surface area contributed by atoms with Gasteiger partial charge in [-0.1, -0.05) is 24.3 Å². The van der Waals surface area contributed by atoms with E-state index in [4.69, 9.17) is 0 Å². The van der Waals surface area contributed by atoms with E-state index in [9.17, 15) is 26.4 Å². The van der Waals surface area contributed by atoms with Gasteiger partial charge in [-0.2, -0.15) is 0 Å². The second kappa shape index (κ2) is 12.6. The van der Waals surface area contributed by atoms with Crippen molar-refractivity contribution in [2.24, 2.45) is 0 Å². The average Bonchev–Trinajstić information content (AvgIpc) is 2.91. The predicted molar refractivity (Wildman–Crippen MR) is 158 cm³/mol. The van der Waals surface area contributed by atoms with Gasteiger partial charge in [-0.05, 0) is 67.4 Å². The van der Waals surface area contributed by atoms with Crippen molar-refractivity contribution in [3.05, 3.63) is 94.8 Å². The first-order valence-electron chi connectivity index (χ1n) is 12.5. The number of allylic oxidation sites excluding steroid dienone is 1. The van der Waals surface area contributed by atoms with E-state index in [0.717, 1.165) is 17.7 Å². The standard InChI is InChI=1S/C28H28F3IN4O3S/c1-3-5-20-6-4-7-25(27(20)33-32)40(38,39)34-22-10-8-21(9-11-22)28(37)36-13-12-35(16-18(36)2)17-19-14-23(29)26(31)24(30)15-19/h3-11,14-15,18,33-34H,12-13,16-17H2,1-2H3/b5-3-/t18-/m0/s1. The number of carbonyl (C=O) groups is 1. The van der Waals surface area contributed by atoms with Crippen molar-refractivity contribution in [2.75, 3.05) is 27.9 Å². The molecule has 0 aliphatic carbocycles. The number of halogens is 4. The monoisotopic (exact) mass is 684 g/mol. The zero-order chi connectivity index (χ0) is 29.0. The lowest BCUT2D eigenvalue weighted by Crippen LogP contribution is -2.53. The molecule has 3 aromatic rings. The van der Waals surface area contributed by atoms with Gasteiger partial charge in [0.15, 0.2) is 17.5 Å². The molecule has 1 aliphatic heterocycles. The van der Waals surface area contributed by atoms with Crippen LogP contribution >= 0.6 is 22.9 Å². The molecule has 1 aliphatic rings. The molecule has 0 radical (unpaired) electrons. The van der Waals surface area contributed by atoms with Crippen molar-refractivity contribution in [2.45, 2.75) is 31.3 Å². The van der Waals surface area contributed by atoms with E-state index in [1.54, 1.807) is 23.1 Å². The Labute approximate surface area is 245 Å². The van der Waals surface area contributed by atoms with Gasteiger partial charge in [0.05, 0.1) is 28.6 Å². The van der Waals surface area contributed by atoms with Crippen LogP contribution in [0.4, 0.5) is 24.5 Å². The third-order valence-corrected chi connectivity index (χ3v) is 8.56. The lowest BCUT2D eigenvalue weighted by atomic mass is 10.1. The highest BCUT2D eigenvalue weighted by Crippen LogP contribution is 2.30. The molecule has 0 spiro atoms. The molecule has 0 bridgehead atoms. The second-order valence-corrected chi connectivity index (χ2v) is 11.6. The number of carbonyl (C=O) groups excluding carboxylic acids is 1. The lowest BCUT2D eigenvalue weighted by molar-refractivity contribution is 0.0475. The van der Waals surface area contributed by atoms with Crippen molar-refractivity contribution in [3.63, 3.8) is 0 Å². The molecule has 40 heavy (non-hydrogen) atoms. The van der Waals surface area contributed by atoms with Gasteiger partial charge in [0.1, 0.15) is 4.90 Å². The first kappa shape index (κ1) is 29.9. The fraction of sp³-hybridized carbons (Fsp3) is 0.250. The van der Waals surface area contributed by atoms with E-state index in [2.05, 4.69) is 8.25 Å². The Morgan fingerprint density at radius 3 is 2.35 bits per heavy atom. The summed E-state index contributed by atoms with van der Waals surface area (Å²) in [5.41, 5.74) is 2.21. The Morgan fingerprint density at radius 2 is 1.75 bits per heavy atom. The summed E-state index contributed by atoms with van der Waals surface area (Å²) < 4.78 is 72.2. The molecule has 3 aromatic carbocycles. The van der Waals surface area contributed by atoms with E-state index < -0.39 is 27.5 Å². The summed E-state index contributed by atoms with van der Waals surface area (Å²) in [7, 11) is -3.92. The molecule has 4 rings (SSSR count). The molecule has 1 amide bonds. The second-order valence-electron chi connectivity index (χ2n) is 9.45. The Bertz CT molecular complexity index is 1510. The first-order chi connectivity index (χ1) is 19.0. The quantitative estimate of drug-likeness (QED) is 0.172. The molecule has 1 saturated heterocycles. The summed E-state index contributed by atoms with van der Waals surface area (Å²) in [5, 5.41) is 0. The normalized spacial score (nSPS) is 16.4. The summed E-state index contributed by atoms with van der Waals surface area (Å²) in [6.07, 6.45) is 3.63. The molecule has 212 valence electrons. The number of sulfonamides is 1. The molecule has 7 nitrogen and oxygen atoms in total. The summed E-state index contributed by atoms with van der Waals surface area (Å²) >= 11 is 1.89. The minimum Gasteiger partial charge on any atom is -0.333 e. The zero-order valence-electron chi connectivity index (χ0n) is 21.8. The van der Waals surface area contributed by atoms with E-state index in [0.29, 0.717) is 42.1 Å². The number of anilines is 2. The van der Waals surface area contributed by atoms with E-state index in [-0.39, 0.29) is 23.4 Å². The number of benzene rings is 3. The van der Waals surface area contributed by atoms with Crippen LogP contribution < -0.4 is 8.25 Å². The SMILES string of the molecule is C/C=C\c1cccc(S(=O)(=O)Nc2ccc(C(=O)N3CCN(Cc4cc(F)c(F)c(F)c4)C[C@@H]3C)cc2)c1NI. The van der Waals surface area contributed by atoms with Crippen molar-refractivity contribution < 1.29 is 26.4 Å². The Kier molecular flexibility index (Phi) is 9.41. The van der Waals surface area contributed by atoms with Crippen LogP contribution in [-0.4, -0.2) is 49.8 Å². The molecular weight excluding hydrogens is 656 g/mol. The summed E-state index contributed by atoms with van der Waals surface area (Å²) in [4.78, 5) is 17.0. The number of nitrogens with one attached hydrogen (secondary N) is 2. The highest BCUT2D eigenvalue weighted by Gasteiger charge is 2.29. The molecule has 0 saturated carbocycles. The van der Waals surface area contributed by atoms with Crippen LogP contribution in [0, 0.1) is 17.5 Å². The van der Waals surface area contributed by atoms with Crippen LogP contribution in [0.15, 0.2) is 65.6 Å². The van der Waals surface area contributed by atoms with Gasteiger partial charge in [0, 0.05) is 43.5 Å². The number of hydrogen-bond acceptors (Lipinski definition) is 5. The maximum atomic E-state index is 13.6. The summed E-state index contributed by atoms with van der Waals surface area (Å²) in [6.45, 7) is 5.26. The van der Waals surface area contributed by atoms with Gasteiger partial charge in [0.2, 0.25) is 0 Å². The van der Waals surface area contributed by atoms with Crippen LogP contribution in [0.2, 0.25) is 0 Å². The number of hydrogen-bond donors (Lipinski definition) is 2. The topological polar surface area (TPSA) is 81.8 Å². The van der Waals surface area contributed by atoms with Crippen molar-refractivity contribution in [3.8, 4) is 0 Å². The smallest absolute Gasteiger partial charge is 0.263 e. The van der Waals surface area contributed by atoms with Crippen LogP contribution in [-0.2, 0) is 16.6 Å². The number of rotatable bonds is 8. The molecule has 1 heterocycles. The Balaban J connectivity index is 1.41. The largest absolute Gasteiger partial charge is 0.333 e. The maximum absolute atomic E-state index is 13.6. The van der Waals surface area contributed by atoms with Crippen LogP contribution in [0.3, 0.4) is 0 Å². The van der Waals surface area contributed by atoms with Crippen molar-refractivity contribution in [1.82, 2.24) is 9.80 Å². The Hall–Kier alpha value is -3.10. The molecular formula is C28H28F3IN4O3S. The highest BCUT2D eigenvalue weighted by molar-refractivity contribution is 14.1. The van der Waals surface area contributed by atoms with Gasteiger partial charge >= 0.3 is 0 Å². The van der Waals surface area contributed by atoms with E-state index in [1.807, 2.05) is 59.8 Å². The highest BCUT2D eigenvalue weighted by atomic mass is 127. The number of para-hydroxylation sites is 1. The summed E-state index contributed by atoms with van der Waals surface area (Å²) in [6, 6.07) is 13.0. The van der Waals surface area contributed by atoms with Gasteiger partial charge < -0.3 is 8.43 Å². The van der Waals surface area contributed by atoms with Crippen molar-refractivity contribution in [1.29, 1.82) is 0 Å². The minimum absolute atomic E-state index is 0.0930. The van der Waals surface area contributed by atoms with Gasteiger partial charge in [-0.25, -0.2) is 21.6 Å². The van der Waals surface area contributed by atoms with Crippen LogP contribution in [0.25, 0.3) is 6.08 Å². The van der Waals surface area contributed by atoms with E-state index in [1.165, 1.54) is 18.2 Å². The third-order valence-electron chi connectivity index (χ3n) is 6.60. The van der Waals surface area contributed by atoms with Crippen molar-refractivity contribution >= 4 is 56.2 Å². The Morgan fingerprint density at radius 1 is 1.07 bits per heavy atom. The molecule has 1 atom stereocenters. The third kappa shape index (κ3) is 6.61. The fourth-order valence-corrected chi connectivity index (χ4v) is 6.72. The van der Waals surface area contributed by atoms with Gasteiger partial charge in [-0.15, -0.1) is 0 Å².